The van der Waals surface area contributed by atoms with Crippen LogP contribution in [0.3, 0.4) is 0 Å². The van der Waals surface area contributed by atoms with Gasteiger partial charge in [-0.05, 0) is 13.8 Å². The molecular weight excluding hydrogens is 265 g/mol. The average molecular weight is 284 g/mol. The maximum absolute atomic E-state index is 11.8. The van der Waals surface area contributed by atoms with Crippen LogP contribution < -0.4 is 10.6 Å². The van der Waals surface area contributed by atoms with Crippen molar-refractivity contribution >= 4 is 5.91 Å². The van der Waals surface area contributed by atoms with Gasteiger partial charge in [0.15, 0.2) is 0 Å². The van der Waals surface area contributed by atoms with E-state index < -0.39 is 25.2 Å². The first-order valence-electron chi connectivity index (χ1n) is 5.98. The van der Waals surface area contributed by atoms with Crippen molar-refractivity contribution in [2.45, 2.75) is 31.7 Å². The van der Waals surface area contributed by atoms with Crippen molar-refractivity contribution in [2.24, 2.45) is 0 Å². The third kappa shape index (κ3) is 7.34. The molecule has 1 fully saturated rings. The minimum absolute atomic E-state index is 0.163. The Morgan fingerprint density at radius 3 is 2.79 bits per heavy atom. The van der Waals surface area contributed by atoms with Crippen LogP contribution in [0.25, 0.3) is 0 Å². The van der Waals surface area contributed by atoms with Gasteiger partial charge >= 0.3 is 6.18 Å². The summed E-state index contributed by atoms with van der Waals surface area (Å²) in [7, 11) is 0. The predicted molar refractivity (Wildman–Crippen MR) is 61.7 cm³/mol. The van der Waals surface area contributed by atoms with E-state index in [0.29, 0.717) is 6.54 Å². The summed E-state index contributed by atoms with van der Waals surface area (Å²) >= 11 is 0. The highest BCUT2D eigenvalue weighted by atomic mass is 19.4. The van der Waals surface area contributed by atoms with Crippen LogP contribution in [-0.2, 0) is 14.3 Å². The smallest absolute Gasteiger partial charge is 0.369 e. The van der Waals surface area contributed by atoms with Gasteiger partial charge in [-0.1, -0.05) is 0 Å². The fourth-order valence-electron chi connectivity index (χ4n) is 1.69. The quantitative estimate of drug-likeness (QED) is 0.769. The molecule has 8 heteroatoms. The molecule has 0 aliphatic carbocycles. The summed E-state index contributed by atoms with van der Waals surface area (Å²) in [4.78, 5) is 11.1. The fraction of sp³-hybridized carbons (Fsp3) is 0.909. The van der Waals surface area contributed by atoms with Gasteiger partial charge in [-0.15, -0.1) is 0 Å². The second-order valence-electron chi connectivity index (χ2n) is 5.04. The lowest BCUT2D eigenvalue weighted by molar-refractivity contribution is -0.145. The molecule has 1 rings (SSSR count). The summed E-state index contributed by atoms with van der Waals surface area (Å²) in [6.45, 7) is 3.56. The van der Waals surface area contributed by atoms with Crippen LogP contribution >= 0.6 is 0 Å². The fourth-order valence-corrected chi connectivity index (χ4v) is 1.69. The zero-order chi connectivity index (χ0) is 14.5. The molecule has 19 heavy (non-hydrogen) atoms. The molecule has 0 saturated carbocycles. The zero-order valence-electron chi connectivity index (χ0n) is 11.0. The van der Waals surface area contributed by atoms with Gasteiger partial charge < -0.3 is 20.1 Å². The molecular formula is C11H19F3N2O3. The molecule has 1 unspecified atom stereocenters. The number of carbonyl (C=O) groups excluding carboxylic acids is 1. The van der Waals surface area contributed by atoms with E-state index in [0.717, 1.165) is 6.54 Å². The standard InChI is InChI=1S/C11H19F3N2O3/c1-10(2)6-15-3-8(19-10)4-18-5-9(17)16-7-11(12,13)14/h8,15H,3-7H2,1-2H3,(H,16,17). The van der Waals surface area contributed by atoms with Crippen molar-refractivity contribution in [3.8, 4) is 0 Å². The first-order chi connectivity index (χ1) is 8.68. The van der Waals surface area contributed by atoms with Gasteiger partial charge in [0.2, 0.25) is 5.91 Å². The van der Waals surface area contributed by atoms with E-state index in [4.69, 9.17) is 9.47 Å². The molecule has 1 heterocycles. The van der Waals surface area contributed by atoms with Crippen LogP contribution in [0.15, 0.2) is 0 Å². The van der Waals surface area contributed by atoms with E-state index in [1.165, 1.54) is 0 Å². The molecule has 0 radical (unpaired) electrons. The van der Waals surface area contributed by atoms with Crippen molar-refractivity contribution < 1.29 is 27.4 Å². The van der Waals surface area contributed by atoms with Gasteiger partial charge in [0.1, 0.15) is 13.2 Å². The summed E-state index contributed by atoms with van der Waals surface area (Å²) in [5.74, 6) is -0.791. The highest BCUT2D eigenvalue weighted by Gasteiger charge is 2.29. The lowest BCUT2D eigenvalue weighted by Crippen LogP contribution is -2.52. The normalized spacial score (nSPS) is 23.1. The van der Waals surface area contributed by atoms with Crippen molar-refractivity contribution in [3.05, 3.63) is 0 Å². The third-order valence-corrected chi connectivity index (χ3v) is 2.43. The number of amides is 1. The first-order valence-corrected chi connectivity index (χ1v) is 5.98. The first kappa shape index (κ1) is 16.2. The van der Waals surface area contributed by atoms with Crippen LogP contribution in [0.4, 0.5) is 13.2 Å². The zero-order valence-corrected chi connectivity index (χ0v) is 11.0. The number of halogens is 3. The molecule has 112 valence electrons. The summed E-state index contributed by atoms with van der Waals surface area (Å²) in [6.07, 6.45) is -4.62. The number of carbonyl (C=O) groups is 1. The molecule has 0 bridgehead atoms. The van der Waals surface area contributed by atoms with Crippen LogP contribution in [0.5, 0.6) is 0 Å². The Labute approximate surface area is 109 Å². The number of rotatable bonds is 5. The molecule has 1 atom stereocenters. The van der Waals surface area contributed by atoms with Crippen molar-refractivity contribution in [2.75, 3.05) is 32.8 Å². The molecule has 2 N–H and O–H groups in total. The van der Waals surface area contributed by atoms with Crippen LogP contribution in [-0.4, -0.2) is 56.6 Å². The van der Waals surface area contributed by atoms with Gasteiger partial charge in [-0.3, -0.25) is 4.79 Å². The van der Waals surface area contributed by atoms with E-state index in [2.05, 4.69) is 5.32 Å². The van der Waals surface area contributed by atoms with Crippen molar-refractivity contribution in [1.82, 2.24) is 10.6 Å². The van der Waals surface area contributed by atoms with E-state index in [1.54, 1.807) is 5.32 Å². The molecule has 5 nitrogen and oxygen atoms in total. The molecule has 1 amide bonds. The van der Waals surface area contributed by atoms with Gasteiger partial charge in [-0.25, -0.2) is 0 Å². The summed E-state index contributed by atoms with van der Waals surface area (Å²) < 4.78 is 46.2. The van der Waals surface area contributed by atoms with E-state index in [9.17, 15) is 18.0 Å². The lowest BCUT2D eigenvalue weighted by Gasteiger charge is -2.36. The molecule has 0 aromatic heterocycles. The average Bonchev–Trinajstić information content (AvgIpc) is 2.24. The summed E-state index contributed by atoms with van der Waals surface area (Å²) in [5.41, 5.74) is -0.315. The maximum Gasteiger partial charge on any atom is 0.405 e. The molecule has 1 saturated heterocycles. The van der Waals surface area contributed by atoms with Crippen molar-refractivity contribution in [3.63, 3.8) is 0 Å². The number of nitrogens with one attached hydrogen (secondary N) is 2. The Hall–Kier alpha value is -0.860. The Kier molecular flexibility index (Phi) is 5.57. The number of ether oxygens (including phenoxy) is 2. The monoisotopic (exact) mass is 284 g/mol. The summed E-state index contributed by atoms with van der Waals surface area (Å²) in [5, 5.41) is 4.89. The lowest BCUT2D eigenvalue weighted by atomic mass is 10.1. The molecule has 0 aromatic rings. The number of morpholine rings is 1. The highest BCUT2D eigenvalue weighted by Crippen LogP contribution is 2.15. The second-order valence-corrected chi connectivity index (χ2v) is 5.04. The second kappa shape index (κ2) is 6.53. The van der Waals surface area contributed by atoms with E-state index in [-0.39, 0.29) is 18.3 Å². The summed E-state index contributed by atoms with van der Waals surface area (Å²) in [6, 6.07) is 0. The van der Waals surface area contributed by atoms with Crippen LogP contribution in [0.1, 0.15) is 13.8 Å². The topological polar surface area (TPSA) is 59.6 Å². The minimum atomic E-state index is -4.41. The SMILES string of the molecule is CC1(C)CNCC(COCC(=O)NCC(F)(F)F)O1. The van der Waals surface area contributed by atoms with Crippen LogP contribution in [0.2, 0.25) is 0 Å². The predicted octanol–water partition coefficient (Wildman–Crippen LogP) is 0.448. The highest BCUT2D eigenvalue weighted by molar-refractivity contribution is 5.77. The van der Waals surface area contributed by atoms with E-state index in [1.807, 2.05) is 13.8 Å². The Balaban J connectivity index is 2.14. The van der Waals surface area contributed by atoms with Gasteiger partial charge in [-0.2, -0.15) is 13.2 Å². The number of hydrogen-bond acceptors (Lipinski definition) is 4. The molecule has 1 aliphatic rings. The largest absolute Gasteiger partial charge is 0.405 e. The van der Waals surface area contributed by atoms with Crippen LogP contribution in [0, 0.1) is 0 Å². The third-order valence-electron chi connectivity index (χ3n) is 2.43. The van der Waals surface area contributed by atoms with Gasteiger partial charge in [0, 0.05) is 13.1 Å². The maximum atomic E-state index is 11.8. The minimum Gasteiger partial charge on any atom is -0.369 e. The molecule has 0 spiro atoms. The molecule has 0 aromatic carbocycles. The number of alkyl halides is 3. The molecule has 1 aliphatic heterocycles. The van der Waals surface area contributed by atoms with Crippen molar-refractivity contribution in [1.29, 1.82) is 0 Å². The number of hydrogen-bond donors (Lipinski definition) is 2. The Morgan fingerprint density at radius 1 is 1.53 bits per heavy atom. The van der Waals surface area contributed by atoms with Gasteiger partial charge in [0.25, 0.3) is 0 Å². The Bertz CT molecular complexity index is 308. The van der Waals surface area contributed by atoms with Gasteiger partial charge in [0.05, 0.1) is 18.3 Å². The Morgan fingerprint density at radius 2 is 2.21 bits per heavy atom. The van der Waals surface area contributed by atoms with E-state index >= 15 is 0 Å².